The number of halogens is 1. The fourth-order valence-corrected chi connectivity index (χ4v) is 3.61. The van der Waals surface area contributed by atoms with Crippen molar-refractivity contribution < 1.29 is 27.1 Å². The van der Waals surface area contributed by atoms with Crippen molar-refractivity contribution in [3.8, 4) is 0 Å². The summed E-state index contributed by atoms with van der Waals surface area (Å²) < 4.78 is 45.2. The van der Waals surface area contributed by atoms with E-state index in [1.165, 1.54) is 56.2 Å². The number of benzene rings is 1. The quantitative estimate of drug-likeness (QED) is 0.746. The third-order valence-corrected chi connectivity index (χ3v) is 5.68. The minimum absolute atomic E-state index is 0.0656. The number of sulfonamides is 1. The van der Waals surface area contributed by atoms with Crippen LogP contribution in [0.2, 0.25) is 0 Å². The number of carbonyl (C=O) groups is 2. The summed E-state index contributed by atoms with van der Waals surface area (Å²) in [5.74, 6) is -1.69. The van der Waals surface area contributed by atoms with E-state index in [4.69, 9.17) is 0 Å². The number of anilines is 1. The number of hydrogen-bond donors (Lipinski definition) is 1. The summed E-state index contributed by atoms with van der Waals surface area (Å²) >= 11 is 0. The number of rotatable bonds is 6. The molecule has 0 radical (unpaired) electrons. The fourth-order valence-electron chi connectivity index (χ4n) is 2.41. The standard InChI is InChI=1S/C17H20FN3O5S/c1-11-7-12(18)5-6-14(11)19-16(22)10-21(3)27(24,25)13-8-15(17(23)26-4)20(2)9-13/h5-9H,10H2,1-4H3,(H,19,22). The van der Waals surface area contributed by atoms with Gasteiger partial charge in [-0.1, -0.05) is 0 Å². The molecule has 0 aliphatic carbocycles. The van der Waals surface area contributed by atoms with E-state index in [0.717, 1.165) is 4.31 Å². The number of carbonyl (C=O) groups excluding carboxylic acids is 2. The van der Waals surface area contributed by atoms with E-state index in [9.17, 15) is 22.4 Å². The number of likely N-dealkylation sites (N-methyl/N-ethyl adjacent to an activating group) is 1. The van der Waals surface area contributed by atoms with Crippen LogP contribution in [0.25, 0.3) is 0 Å². The number of hydrogen-bond acceptors (Lipinski definition) is 5. The Morgan fingerprint density at radius 3 is 2.56 bits per heavy atom. The topological polar surface area (TPSA) is 97.7 Å². The third-order valence-electron chi connectivity index (χ3n) is 3.91. The van der Waals surface area contributed by atoms with Gasteiger partial charge in [0, 0.05) is 26.0 Å². The number of aryl methyl sites for hydroxylation is 2. The first-order valence-electron chi connectivity index (χ1n) is 7.83. The van der Waals surface area contributed by atoms with Gasteiger partial charge in [-0.3, -0.25) is 4.79 Å². The van der Waals surface area contributed by atoms with E-state index < -0.39 is 34.3 Å². The summed E-state index contributed by atoms with van der Waals surface area (Å²) in [6.45, 7) is 1.17. The first-order chi connectivity index (χ1) is 12.6. The lowest BCUT2D eigenvalue weighted by Gasteiger charge is -2.16. The lowest BCUT2D eigenvalue weighted by Crippen LogP contribution is -2.35. The maximum absolute atomic E-state index is 13.1. The molecule has 0 saturated heterocycles. The van der Waals surface area contributed by atoms with Crippen molar-refractivity contribution in [3.63, 3.8) is 0 Å². The van der Waals surface area contributed by atoms with Crippen LogP contribution in [0.4, 0.5) is 10.1 Å². The first-order valence-corrected chi connectivity index (χ1v) is 9.27. The predicted molar refractivity (Wildman–Crippen MR) is 96.3 cm³/mol. The van der Waals surface area contributed by atoms with E-state index in [1.807, 2.05) is 0 Å². The number of aromatic nitrogens is 1. The molecule has 0 bridgehead atoms. The Morgan fingerprint density at radius 2 is 1.96 bits per heavy atom. The Labute approximate surface area is 156 Å². The number of amides is 1. The molecule has 1 amide bonds. The summed E-state index contributed by atoms with van der Waals surface area (Å²) in [6, 6.07) is 5.03. The number of methoxy groups -OCH3 is 1. The van der Waals surface area contributed by atoms with Gasteiger partial charge in [0.1, 0.15) is 16.4 Å². The van der Waals surface area contributed by atoms with Crippen LogP contribution in [0.15, 0.2) is 35.4 Å². The van der Waals surface area contributed by atoms with Crippen molar-refractivity contribution in [3.05, 3.63) is 47.5 Å². The molecule has 1 aromatic carbocycles. The molecule has 0 unspecified atom stereocenters. The second kappa shape index (κ2) is 7.89. The fraction of sp³-hybridized carbons (Fsp3) is 0.294. The van der Waals surface area contributed by atoms with Crippen LogP contribution >= 0.6 is 0 Å². The lowest BCUT2D eigenvalue weighted by molar-refractivity contribution is -0.116. The van der Waals surface area contributed by atoms with Crippen LogP contribution < -0.4 is 5.32 Å². The van der Waals surface area contributed by atoms with Gasteiger partial charge in [-0.15, -0.1) is 0 Å². The summed E-state index contributed by atoms with van der Waals surface area (Å²) in [4.78, 5) is 23.7. The Balaban J connectivity index is 2.15. The Morgan fingerprint density at radius 1 is 1.30 bits per heavy atom. The molecule has 1 heterocycles. The Kier molecular flexibility index (Phi) is 6.01. The molecule has 0 spiro atoms. The largest absolute Gasteiger partial charge is 0.464 e. The van der Waals surface area contributed by atoms with E-state index in [1.54, 1.807) is 6.92 Å². The van der Waals surface area contributed by atoms with Gasteiger partial charge in [-0.25, -0.2) is 17.6 Å². The summed E-state index contributed by atoms with van der Waals surface area (Å²) in [6.07, 6.45) is 1.26. The number of ether oxygens (including phenoxy) is 1. The average Bonchev–Trinajstić information content (AvgIpc) is 2.99. The number of nitrogens with zero attached hydrogens (tertiary/aromatic N) is 2. The molecule has 2 aromatic rings. The highest BCUT2D eigenvalue weighted by atomic mass is 32.2. The SMILES string of the molecule is COC(=O)c1cc(S(=O)(=O)N(C)CC(=O)Nc2ccc(F)cc2C)cn1C. The number of esters is 1. The zero-order valence-electron chi connectivity index (χ0n) is 15.3. The molecule has 1 aromatic heterocycles. The lowest BCUT2D eigenvalue weighted by atomic mass is 10.2. The van der Waals surface area contributed by atoms with Crippen molar-refractivity contribution in [2.45, 2.75) is 11.8 Å². The molecule has 0 aliphatic heterocycles. The van der Waals surface area contributed by atoms with Crippen LogP contribution in [0, 0.1) is 12.7 Å². The van der Waals surface area contributed by atoms with Crippen molar-refractivity contribution >= 4 is 27.6 Å². The van der Waals surface area contributed by atoms with Crippen molar-refractivity contribution in [2.75, 3.05) is 26.0 Å². The Hall–Kier alpha value is -2.72. The van der Waals surface area contributed by atoms with Gasteiger partial charge in [0.2, 0.25) is 15.9 Å². The minimum Gasteiger partial charge on any atom is -0.464 e. The molecule has 0 atom stereocenters. The summed E-state index contributed by atoms with van der Waals surface area (Å²) in [5.41, 5.74) is 0.968. The number of nitrogens with one attached hydrogen (secondary N) is 1. The molecule has 10 heteroatoms. The molecular weight excluding hydrogens is 377 g/mol. The second-order valence-corrected chi connectivity index (χ2v) is 7.98. The summed E-state index contributed by atoms with van der Waals surface area (Å²) in [7, 11) is -0.0543. The molecule has 0 saturated carbocycles. The van der Waals surface area contributed by atoms with Crippen LogP contribution in [-0.4, -0.2) is 49.9 Å². The predicted octanol–water partition coefficient (Wildman–Crippen LogP) is 1.52. The van der Waals surface area contributed by atoms with Crippen molar-refractivity contribution in [2.24, 2.45) is 7.05 Å². The second-order valence-electron chi connectivity index (χ2n) is 5.93. The average molecular weight is 397 g/mol. The highest BCUT2D eigenvalue weighted by Gasteiger charge is 2.26. The van der Waals surface area contributed by atoms with E-state index >= 15 is 0 Å². The van der Waals surface area contributed by atoms with Gasteiger partial charge in [-0.2, -0.15) is 4.31 Å². The molecule has 1 N–H and O–H groups in total. The zero-order valence-corrected chi connectivity index (χ0v) is 16.1. The molecule has 0 aliphatic rings. The van der Waals surface area contributed by atoms with E-state index in [-0.39, 0.29) is 10.6 Å². The monoisotopic (exact) mass is 397 g/mol. The van der Waals surface area contributed by atoms with Gasteiger partial charge in [0.15, 0.2) is 0 Å². The molecular formula is C17H20FN3O5S. The first kappa shape index (κ1) is 20.6. The van der Waals surface area contributed by atoms with E-state index in [0.29, 0.717) is 11.3 Å². The molecule has 0 fully saturated rings. The Bertz CT molecular complexity index is 984. The zero-order chi connectivity index (χ0) is 20.4. The highest BCUT2D eigenvalue weighted by molar-refractivity contribution is 7.89. The minimum atomic E-state index is -4.00. The smallest absolute Gasteiger partial charge is 0.354 e. The molecule has 8 nitrogen and oxygen atoms in total. The van der Waals surface area contributed by atoms with Crippen LogP contribution in [0.3, 0.4) is 0 Å². The van der Waals surface area contributed by atoms with Gasteiger partial charge in [-0.05, 0) is 36.8 Å². The van der Waals surface area contributed by atoms with Gasteiger partial charge < -0.3 is 14.6 Å². The van der Waals surface area contributed by atoms with Crippen molar-refractivity contribution in [1.82, 2.24) is 8.87 Å². The summed E-state index contributed by atoms with van der Waals surface area (Å²) in [5, 5.41) is 2.54. The van der Waals surface area contributed by atoms with E-state index in [2.05, 4.69) is 10.1 Å². The van der Waals surface area contributed by atoms with Crippen LogP contribution in [-0.2, 0) is 26.6 Å². The highest BCUT2D eigenvalue weighted by Crippen LogP contribution is 2.19. The normalized spacial score (nSPS) is 11.5. The van der Waals surface area contributed by atoms with Crippen LogP contribution in [0.1, 0.15) is 16.1 Å². The maximum atomic E-state index is 13.1. The van der Waals surface area contributed by atoms with Crippen molar-refractivity contribution in [1.29, 1.82) is 0 Å². The maximum Gasteiger partial charge on any atom is 0.354 e. The molecule has 27 heavy (non-hydrogen) atoms. The van der Waals surface area contributed by atoms with Gasteiger partial charge >= 0.3 is 5.97 Å². The van der Waals surface area contributed by atoms with Gasteiger partial charge in [0.05, 0.1) is 13.7 Å². The van der Waals surface area contributed by atoms with Gasteiger partial charge in [0.25, 0.3) is 0 Å². The third kappa shape index (κ3) is 4.52. The van der Waals surface area contributed by atoms with Crippen LogP contribution in [0.5, 0.6) is 0 Å². The molecule has 2 rings (SSSR count). The molecule has 146 valence electrons.